The van der Waals surface area contributed by atoms with Gasteiger partial charge in [0.1, 0.15) is 6.29 Å². The van der Waals surface area contributed by atoms with Gasteiger partial charge in [-0.15, -0.1) is 0 Å². The Balaban J connectivity index is 0.000000545. The van der Waals surface area contributed by atoms with Crippen molar-refractivity contribution in [2.75, 3.05) is 4.90 Å². The monoisotopic (exact) mass is 289 g/mol. The second-order valence-corrected chi connectivity index (χ2v) is 4.58. The van der Waals surface area contributed by atoms with Gasteiger partial charge in [-0.3, -0.25) is 0 Å². The largest absolute Gasteiger partial charge is 0.311 e. The Kier molecular flexibility index (Phi) is 5.94. The van der Waals surface area contributed by atoms with E-state index in [0.717, 1.165) is 6.29 Å². The molecule has 0 saturated carbocycles. The van der Waals surface area contributed by atoms with Crippen LogP contribution in [0.5, 0.6) is 0 Å². The summed E-state index contributed by atoms with van der Waals surface area (Å²) in [6, 6.07) is 31.3. The van der Waals surface area contributed by atoms with Crippen molar-refractivity contribution in [2.45, 2.75) is 6.92 Å². The lowest BCUT2D eigenvalue weighted by Gasteiger charge is -2.25. The first kappa shape index (κ1) is 15.5. The Bertz CT molecular complexity index is 572. The summed E-state index contributed by atoms with van der Waals surface area (Å²) in [6.07, 6.45) is 0.750. The molecule has 0 aliphatic carbocycles. The fraction of sp³-hybridized carbons (Fsp3) is 0.0500. The predicted octanol–water partition coefficient (Wildman–Crippen LogP) is 5.36. The Hall–Kier alpha value is -2.87. The van der Waals surface area contributed by atoms with Crippen LogP contribution in [-0.2, 0) is 4.79 Å². The summed E-state index contributed by atoms with van der Waals surface area (Å²) in [5.41, 5.74) is 3.50. The van der Waals surface area contributed by atoms with E-state index in [1.807, 2.05) is 18.2 Å². The molecule has 0 atom stereocenters. The third-order valence-electron chi connectivity index (χ3n) is 3.04. The smallest absolute Gasteiger partial charge is 0.116 e. The van der Waals surface area contributed by atoms with Crippen LogP contribution in [0.3, 0.4) is 0 Å². The highest BCUT2D eigenvalue weighted by atomic mass is 16.1. The third-order valence-corrected chi connectivity index (χ3v) is 3.04. The van der Waals surface area contributed by atoms with Crippen molar-refractivity contribution in [1.82, 2.24) is 0 Å². The zero-order chi connectivity index (χ0) is 15.6. The van der Waals surface area contributed by atoms with Gasteiger partial charge in [0.2, 0.25) is 0 Å². The number of benzene rings is 3. The number of hydrogen-bond acceptors (Lipinski definition) is 2. The second kappa shape index (κ2) is 8.42. The minimum Gasteiger partial charge on any atom is -0.311 e. The van der Waals surface area contributed by atoms with E-state index in [4.69, 9.17) is 4.79 Å². The minimum atomic E-state index is 0.750. The third kappa shape index (κ3) is 4.06. The van der Waals surface area contributed by atoms with Gasteiger partial charge in [0.25, 0.3) is 0 Å². The molecular formula is C20H19NO. The van der Waals surface area contributed by atoms with Crippen LogP contribution in [0, 0.1) is 0 Å². The Morgan fingerprint density at radius 1 is 0.591 bits per heavy atom. The molecule has 3 rings (SSSR count). The predicted molar refractivity (Wildman–Crippen MR) is 92.9 cm³/mol. The fourth-order valence-electron chi connectivity index (χ4n) is 2.18. The summed E-state index contributed by atoms with van der Waals surface area (Å²) < 4.78 is 0. The molecule has 0 aromatic heterocycles. The highest BCUT2D eigenvalue weighted by Crippen LogP contribution is 2.33. The van der Waals surface area contributed by atoms with Crippen LogP contribution in [0.25, 0.3) is 0 Å². The number of para-hydroxylation sites is 3. The van der Waals surface area contributed by atoms with Gasteiger partial charge < -0.3 is 9.69 Å². The van der Waals surface area contributed by atoms with E-state index in [0.29, 0.717) is 0 Å². The van der Waals surface area contributed by atoms with E-state index in [9.17, 15) is 0 Å². The molecule has 0 amide bonds. The molecule has 0 radical (unpaired) electrons. The quantitative estimate of drug-likeness (QED) is 0.605. The van der Waals surface area contributed by atoms with Gasteiger partial charge in [-0.1, -0.05) is 54.6 Å². The van der Waals surface area contributed by atoms with Crippen molar-refractivity contribution in [2.24, 2.45) is 0 Å². The van der Waals surface area contributed by atoms with Crippen LogP contribution in [0.15, 0.2) is 91.0 Å². The SMILES string of the molecule is CC=O.c1ccc(N(c2ccccc2)c2ccccc2)cc1. The molecule has 0 saturated heterocycles. The van der Waals surface area contributed by atoms with Crippen LogP contribution in [-0.4, -0.2) is 6.29 Å². The van der Waals surface area contributed by atoms with Crippen molar-refractivity contribution in [3.8, 4) is 0 Å². The highest BCUT2D eigenvalue weighted by Gasteiger charge is 2.10. The summed E-state index contributed by atoms with van der Waals surface area (Å²) in [6.45, 7) is 1.44. The zero-order valence-electron chi connectivity index (χ0n) is 12.6. The van der Waals surface area contributed by atoms with Crippen molar-refractivity contribution in [1.29, 1.82) is 0 Å². The molecule has 2 nitrogen and oxygen atoms in total. The minimum absolute atomic E-state index is 0.750. The molecule has 3 aromatic rings. The van der Waals surface area contributed by atoms with Crippen LogP contribution >= 0.6 is 0 Å². The number of rotatable bonds is 3. The molecule has 2 heteroatoms. The number of carbonyl (C=O) groups is 1. The lowest BCUT2D eigenvalue weighted by atomic mass is 10.2. The van der Waals surface area contributed by atoms with Gasteiger partial charge >= 0.3 is 0 Å². The van der Waals surface area contributed by atoms with Crippen LogP contribution in [0.4, 0.5) is 17.1 Å². The van der Waals surface area contributed by atoms with Crippen molar-refractivity contribution >= 4 is 23.3 Å². The summed E-state index contributed by atoms with van der Waals surface area (Å²) in [5, 5.41) is 0. The molecule has 0 aliphatic rings. The maximum absolute atomic E-state index is 8.81. The van der Waals surface area contributed by atoms with Gasteiger partial charge in [-0.25, -0.2) is 0 Å². The molecule has 0 unspecified atom stereocenters. The number of carbonyl (C=O) groups excluding carboxylic acids is 1. The van der Waals surface area contributed by atoms with Crippen molar-refractivity contribution in [3.63, 3.8) is 0 Å². The van der Waals surface area contributed by atoms with E-state index in [-0.39, 0.29) is 0 Å². The fourth-order valence-corrected chi connectivity index (χ4v) is 2.18. The lowest BCUT2D eigenvalue weighted by molar-refractivity contribution is -0.106. The molecule has 110 valence electrons. The average Bonchev–Trinajstić information content (AvgIpc) is 2.59. The van der Waals surface area contributed by atoms with E-state index in [2.05, 4.69) is 77.7 Å². The molecule has 0 aliphatic heterocycles. The van der Waals surface area contributed by atoms with E-state index in [1.54, 1.807) is 0 Å². The van der Waals surface area contributed by atoms with Gasteiger partial charge in [-0.05, 0) is 43.3 Å². The molecule has 0 N–H and O–H groups in total. The number of nitrogens with zero attached hydrogens (tertiary/aromatic N) is 1. The first-order chi connectivity index (χ1) is 10.9. The van der Waals surface area contributed by atoms with E-state index >= 15 is 0 Å². The van der Waals surface area contributed by atoms with Gasteiger partial charge in [0.05, 0.1) is 0 Å². The maximum atomic E-state index is 8.81. The van der Waals surface area contributed by atoms with Gasteiger partial charge in [-0.2, -0.15) is 0 Å². The lowest BCUT2D eigenvalue weighted by Crippen LogP contribution is -2.09. The van der Waals surface area contributed by atoms with E-state index in [1.165, 1.54) is 24.0 Å². The molecule has 0 bridgehead atoms. The van der Waals surface area contributed by atoms with Gasteiger partial charge in [0.15, 0.2) is 0 Å². The Morgan fingerprint density at radius 2 is 0.818 bits per heavy atom. The molecular weight excluding hydrogens is 270 g/mol. The number of anilines is 3. The van der Waals surface area contributed by atoms with Crippen LogP contribution in [0.2, 0.25) is 0 Å². The Morgan fingerprint density at radius 3 is 1.05 bits per heavy atom. The second-order valence-electron chi connectivity index (χ2n) is 4.58. The Labute approximate surface area is 131 Å². The summed E-state index contributed by atoms with van der Waals surface area (Å²) >= 11 is 0. The molecule has 0 heterocycles. The van der Waals surface area contributed by atoms with Crippen molar-refractivity contribution in [3.05, 3.63) is 91.0 Å². The number of hydrogen-bond donors (Lipinski definition) is 0. The highest BCUT2D eigenvalue weighted by molar-refractivity contribution is 5.76. The maximum Gasteiger partial charge on any atom is 0.116 e. The molecule has 0 fully saturated rings. The average molecular weight is 289 g/mol. The normalized spacial score (nSPS) is 9.32. The van der Waals surface area contributed by atoms with Crippen molar-refractivity contribution < 1.29 is 4.79 Å². The van der Waals surface area contributed by atoms with E-state index < -0.39 is 0 Å². The molecule has 0 spiro atoms. The molecule has 3 aromatic carbocycles. The standard InChI is InChI=1S/C18H15N.C2H4O/c1-4-10-16(11-5-1)19(17-12-6-2-7-13-17)18-14-8-3-9-15-18;1-2-3/h1-15H;2H,1H3. The first-order valence-corrected chi connectivity index (χ1v) is 7.22. The zero-order valence-corrected chi connectivity index (χ0v) is 12.6. The van der Waals surface area contributed by atoms with Gasteiger partial charge in [0, 0.05) is 17.1 Å². The summed E-state index contributed by atoms with van der Waals surface area (Å²) in [4.78, 5) is 11.1. The topological polar surface area (TPSA) is 20.3 Å². The first-order valence-electron chi connectivity index (χ1n) is 7.22. The molecule has 22 heavy (non-hydrogen) atoms. The number of aldehydes is 1. The van der Waals surface area contributed by atoms with Crippen LogP contribution in [0.1, 0.15) is 6.92 Å². The summed E-state index contributed by atoms with van der Waals surface area (Å²) in [5.74, 6) is 0. The summed E-state index contributed by atoms with van der Waals surface area (Å²) in [7, 11) is 0. The van der Waals surface area contributed by atoms with Crippen LogP contribution < -0.4 is 4.90 Å².